The molecule has 4 heterocycles. The molecule has 3 aromatic heterocycles. The van der Waals surface area contributed by atoms with Crippen molar-refractivity contribution in [1.29, 1.82) is 0 Å². The van der Waals surface area contributed by atoms with E-state index >= 15 is 0 Å². The van der Waals surface area contributed by atoms with Gasteiger partial charge in [0.15, 0.2) is 40.3 Å². The van der Waals surface area contributed by atoms with Crippen LogP contribution in [0.25, 0.3) is 27.9 Å². The van der Waals surface area contributed by atoms with Gasteiger partial charge >= 0.3 is 0 Å². The van der Waals surface area contributed by atoms with E-state index in [-0.39, 0.29) is 23.4 Å². The average Bonchev–Trinajstić information content (AvgIpc) is 3.52. The predicted octanol–water partition coefficient (Wildman–Crippen LogP) is 3.70. The van der Waals surface area contributed by atoms with E-state index in [1.54, 1.807) is 0 Å². The van der Waals surface area contributed by atoms with Gasteiger partial charge in [-0.2, -0.15) is 9.97 Å². The summed E-state index contributed by atoms with van der Waals surface area (Å²) in [5.74, 6) is -3.06. The second-order valence-electron chi connectivity index (χ2n) is 8.13. The van der Waals surface area contributed by atoms with Crippen LogP contribution in [0.3, 0.4) is 0 Å². The van der Waals surface area contributed by atoms with Crippen molar-refractivity contribution in [1.82, 2.24) is 29.5 Å². The van der Waals surface area contributed by atoms with Gasteiger partial charge in [0.05, 0.1) is 31.0 Å². The van der Waals surface area contributed by atoms with Crippen molar-refractivity contribution in [3.63, 3.8) is 0 Å². The summed E-state index contributed by atoms with van der Waals surface area (Å²) < 4.78 is 62.9. The van der Waals surface area contributed by atoms with Crippen LogP contribution in [0.5, 0.6) is 0 Å². The van der Waals surface area contributed by atoms with Crippen LogP contribution in [-0.4, -0.2) is 55.8 Å². The third-order valence-electron chi connectivity index (χ3n) is 5.89. The molecular formula is C23H18F4N8O. The molecule has 13 heteroatoms. The van der Waals surface area contributed by atoms with Gasteiger partial charge in [-0.05, 0) is 24.3 Å². The highest BCUT2D eigenvalue weighted by molar-refractivity contribution is 5.85. The second-order valence-corrected chi connectivity index (χ2v) is 8.13. The summed E-state index contributed by atoms with van der Waals surface area (Å²) in [7, 11) is 0. The fraction of sp³-hybridized carbons (Fsp3) is 0.217. The smallest absolute Gasteiger partial charge is 0.229 e. The quantitative estimate of drug-likeness (QED) is 0.357. The fourth-order valence-electron chi connectivity index (χ4n) is 4.09. The number of anilines is 2. The van der Waals surface area contributed by atoms with Crippen LogP contribution >= 0.6 is 0 Å². The first-order chi connectivity index (χ1) is 17.5. The van der Waals surface area contributed by atoms with Crippen molar-refractivity contribution < 1.29 is 22.3 Å². The first kappa shape index (κ1) is 22.2. The molecule has 184 valence electrons. The zero-order valence-corrected chi connectivity index (χ0v) is 18.6. The lowest BCUT2D eigenvalue weighted by molar-refractivity contribution is 0.122. The number of morpholine rings is 1. The summed E-state index contributed by atoms with van der Waals surface area (Å²) in [6.45, 7) is 2.14. The molecule has 36 heavy (non-hydrogen) atoms. The van der Waals surface area contributed by atoms with Gasteiger partial charge in [0, 0.05) is 13.1 Å². The number of hydrogen-bond acceptors (Lipinski definition) is 7. The number of nitrogens with one attached hydrogen (secondary N) is 2. The van der Waals surface area contributed by atoms with Gasteiger partial charge in [0.2, 0.25) is 5.95 Å². The maximum absolute atomic E-state index is 14.6. The van der Waals surface area contributed by atoms with E-state index in [1.807, 2.05) is 4.90 Å². The van der Waals surface area contributed by atoms with Gasteiger partial charge < -0.3 is 19.9 Å². The number of ether oxygens (including phenoxy) is 1. The lowest BCUT2D eigenvalue weighted by Crippen LogP contribution is -2.37. The van der Waals surface area contributed by atoms with Gasteiger partial charge in [-0.15, -0.1) is 0 Å². The molecule has 9 nitrogen and oxygen atoms in total. The molecule has 6 rings (SSSR count). The molecule has 0 amide bonds. The Morgan fingerprint density at radius 2 is 1.72 bits per heavy atom. The summed E-state index contributed by atoms with van der Waals surface area (Å²) in [5.41, 5.74) is 0.753. The first-order valence-corrected chi connectivity index (χ1v) is 11.1. The van der Waals surface area contributed by atoms with Crippen molar-refractivity contribution in [3.8, 4) is 5.69 Å². The van der Waals surface area contributed by atoms with Gasteiger partial charge in [0.25, 0.3) is 0 Å². The molecule has 1 aliphatic heterocycles. The van der Waals surface area contributed by atoms with Gasteiger partial charge in [-0.25, -0.2) is 27.5 Å². The van der Waals surface area contributed by atoms with Crippen LogP contribution < -0.4 is 10.2 Å². The number of hydrogen-bond donors (Lipinski definition) is 2. The van der Waals surface area contributed by atoms with E-state index in [1.165, 1.54) is 29.1 Å². The molecule has 0 aliphatic carbocycles. The minimum Gasteiger partial charge on any atom is -0.378 e. The van der Waals surface area contributed by atoms with Crippen LogP contribution in [0.4, 0.5) is 29.3 Å². The number of aromatic amines is 1. The molecule has 2 aromatic carbocycles. The Bertz CT molecular complexity index is 1590. The number of fused-ring (bicyclic) bond motifs is 2. The highest BCUT2D eigenvalue weighted by Crippen LogP contribution is 2.27. The molecule has 5 aromatic rings. The number of benzene rings is 2. The highest BCUT2D eigenvalue weighted by atomic mass is 19.2. The van der Waals surface area contributed by atoms with Crippen molar-refractivity contribution in [2.24, 2.45) is 0 Å². The Hall–Kier alpha value is -4.26. The average molecular weight is 498 g/mol. The monoisotopic (exact) mass is 498 g/mol. The fourth-order valence-corrected chi connectivity index (χ4v) is 4.09. The third-order valence-corrected chi connectivity index (χ3v) is 5.89. The number of nitrogens with zero attached hydrogens (tertiary/aromatic N) is 6. The third kappa shape index (κ3) is 3.77. The molecule has 0 spiro atoms. The summed E-state index contributed by atoms with van der Waals surface area (Å²) in [4.78, 5) is 22.5. The van der Waals surface area contributed by atoms with E-state index in [0.717, 1.165) is 12.1 Å². The summed E-state index contributed by atoms with van der Waals surface area (Å²) in [6.07, 6.45) is 1.34. The van der Waals surface area contributed by atoms with E-state index in [0.29, 0.717) is 54.9 Å². The molecule has 2 N–H and O–H groups in total. The Kier molecular flexibility index (Phi) is 5.40. The maximum Gasteiger partial charge on any atom is 0.229 e. The largest absolute Gasteiger partial charge is 0.378 e. The second kappa shape index (κ2) is 8.75. The zero-order chi connectivity index (χ0) is 24.8. The summed E-state index contributed by atoms with van der Waals surface area (Å²) in [6, 6.07) is 6.27. The Morgan fingerprint density at radius 1 is 0.917 bits per heavy atom. The molecule has 0 bridgehead atoms. The molecule has 0 unspecified atom stereocenters. The SMILES string of the molecule is Fc1cccc(-n2cnc3c(NCc4nc5c(F)c(F)ccc5[nH]4)nc(N4CCOCC4)nc32)c1F. The minimum atomic E-state index is -1.04. The number of aromatic nitrogens is 6. The minimum absolute atomic E-state index is 0.0511. The van der Waals surface area contributed by atoms with Crippen LogP contribution in [0.15, 0.2) is 36.7 Å². The molecule has 1 aliphatic rings. The molecule has 0 saturated carbocycles. The van der Waals surface area contributed by atoms with Crippen LogP contribution in [-0.2, 0) is 11.3 Å². The highest BCUT2D eigenvalue weighted by Gasteiger charge is 2.22. The Morgan fingerprint density at radius 3 is 2.56 bits per heavy atom. The van der Waals surface area contributed by atoms with Crippen LogP contribution in [0.1, 0.15) is 5.82 Å². The van der Waals surface area contributed by atoms with Crippen LogP contribution in [0, 0.1) is 23.3 Å². The molecule has 1 fully saturated rings. The van der Waals surface area contributed by atoms with Gasteiger partial charge in [-0.1, -0.05) is 6.07 Å². The Labute approximate surface area is 200 Å². The maximum atomic E-state index is 14.6. The van der Waals surface area contributed by atoms with E-state index < -0.39 is 23.3 Å². The number of rotatable bonds is 5. The lowest BCUT2D eigenvalue weighted by atomic mass is 10.3. The van der Waals surface area contributed by atoms with E-state index in [9.17, 15) is 17.6 Å². The predicted molar refractivity (Wildman–Crippen MR) is 123 cm³/mol. The van der Waals surface area contributed by atoms with Crippen LogP contribution in [0.2, 0.25) is 0 Å². The lowest BCUT2D eigenvalue weighted by Gasteiger charge is -2.27. The topological polar surface area (TPSA) is 96.8 Å². The van der Waals surface area contributed by atoms with Gasteiger partial charge in [0.1, 0.15) is 17.7 Å². The molecule has 1 saturated heterocycles. The molecule has 0 radical (unpaired) electrons. The standard InChI is InChI=1S/C23H18F4N8O/c24-12-2-1-3-15(17(12)26)35-11-29-20-21(32-23(33-22(20)35)34-6-8-36-9-7-34)28-10-16-30-14-5-4-13(25)18(27)19(14)31-16/h1-5,11H,6-10H2,(H,30,31)(H,28,32,33). The van der Waals surface area contributed by atoms with Crippen molar-refractivity contribution in [3.05, 3.63) is 65.8 Å². The molecule has 0 atom stereocenters. The van der Waals surface area contributed by atoms with E-state index in [2.05, 4.69) is 30.2 Å². The first-order valence-electron chi connectivity index (χ1n) is 11.1. The summed E-state index contributed by atoms with van der Waals surface area (Å²) >= 11 is 0. The van der Waals surface area contributed by atoms with E-state index in [4.69, 9.17) is 4.74 Å². The molecular weight excluding hydrogens is 480 g/mol. The summed E-state index contributed by atoms with van der Waals surface area (Å²) in [5, 5.41) is 3.11. The zero-order valence-electron chi connectivity index (χ0n) is 18.6. The van der Waals surface area contributed by atoms with Gasteiger partial charge in [-0.3, -0.25) is 4.57 Å². The van der Waals surface area contributed by atoms with Crippen molar-refractivity contribution >= 4 is 34.0 Å². The number of halogens is 4. The van der Waals surface area contributed by atoms with Crippen molar-refractivity contribution in [2.75, 3.05) is 36.5 Å². The normalized spacial score (nSPS) is 14.2. The van der Waals surface area contributed by atoms with Crippen molar-refractivity contribution in [2.45, 2.75) is 6.54 Å². The Balaban J connectivity index is 1.42. The number of imidazole rings is 2. The number of H-pyrrole nitrogens is 1.